The smallest absolute Gasteiger partial charge is 0.127 e. The molecule has 3 heteroatoms. The first-order valence-corrected chi connectivity index (χ1v) is 4.68. The summed E-state index contributed by atoms with van der Waals surface area (Å²) in [5.41, 5.74) is 0.947. The van der Waals surface area contributed by atoms with Gasteiger partial charge >= 0.3 is 0 Å². The van der Waals surface area contributed by atoms with Crippen LogP contribution in [0.1, 0.15) is 5.56 Å². The number of hydrogen-bond acceptors (Lipinski definition) is 1. The Balaban J connectivity index is 3.02. The summed E-state index contributed by atoms with van der Waals surface area (Å²) in [6, 6.07) is 4.71. The first-order chi connectivity index (χ1) is 5.26. The fourth-order valence-electron chi connectivity index (χ4n) is 0.816. The van der Waals surface area contributed by atoms with Crippen LogP contribution >= 0.6 is 22.6 Å². The Labute approximate surface area is 78.7 Å². The van der Waals surface area contributed by atoms with E-state index < -0.39 is 0 Å². The molecule has 0 amide bonds. The summed E-state index contributed by atoms with van der Waals surface area (Å²) in [7, 11) is 1.53. The molecule has 0 aliphatic rings. The molecule has 0 bridgehead atoms. The van der Waals surface area contributed by atoms with E-state index in [0.717, 1.165) is 9.99 Å². The highest BCUT2D eigenvalue weighted by atomic mass is 127. The molecule has 60 valence electrons. The summed E-state index contributed by atoms with van der Waals surface area (Å²) in [4.78, 5) is 0. The quantitative estimate of drug-likeness (QED) is 0.590. The largest absolute Gasteiger partial charge is 0.497 e. The number of alkyl halides is 1. The second-order valence-corrected chi connectivity index (χ2v) is 2.90. The average Bonchev–Trinajstić information content (AvgIpc) is 2.03. The molecule has 0 aromatic heterocycles. The molecule has 0 aliphatic heterocycles. The molecule has 11 heavy (non-hydrogen) atoms. The number of ether oxygens (including phenoxy) is 1. The minimum Gasteiger partial charge on any atom is -0.497 e. The van der Waals surface area contributed by atoms with Crippen molar-refractivity contribution in [3.63, 3.8) is 0 Å². The van der Waals surface area contributed by atoms with Crippen LogP contribution in [-0.2, 0) is 4.43 Å². The molecule has 0 spiro atoms. The van der Waals surface area contributed by atoms with Crippen LogP contribution in [0.5, 0.6) is 5.75 Å². The minimum atomic E-state index is -0.240. The molecule has 0 heterocycles. The van der Waals surface area contributed by atoms with Crippen molar-refractivity contribution in [1.29, 1.82) is 0 Å². The van der Waals surface area contributed by atoms with Gasteiger partial charge in [-0.25, -0.2) is 4.39 Å². The van der Waals surface area contributed by atoms with Crippen molar-refractivity contribution in [2.24, 2.45) is 0 Å². The van der Waals surface area contributed by atoms with Gasteiger partial charge in [0.05, 0.1) is 7.11 Å². The van der Waals surface area contributed by atoms with Crippen LogP contribution in [0.15, 0.2) is 18.2 Å². The topological polar surface area (TPSA) is 9.23 Å². The minimum absolute atomic E-state index is 0.240. The molecule has 0 saturated heterocycles. The number of halogens is 2. The summed E-state index contributed by atoms with van der Waals surface area (Å²) in [5, 5.41) is 0. The zero-order valence-corrected chi connectivity index (χ0v) is 8.26. The molecule has 1 rings (SSSR count). The van der Waals surface area contributed by atoms with Crippen LogP contribution in [0, 0.1) is 5.82 Å². The molecule has 1 aromatic carbocycles. The van der Waals surface area contributed by atoms with E-state index in [1.165, 1.54) is 19.2 Å². The van der Waals surface area contributed by atoms with Gasteiger partial charge in [0.2, 0.25) is 0 Å². The fourth-order valence-corrected chi connectivity index (χ4v) is 1.26. The second kappa shape index (κ2) is 3.90. The Kier molecular flexibility index (Phi) is 3.11. The molecule has 0 fully saturated rings. The molecule has 1 nitrogen and oxygen atoms in total. The number of hydrogen-bond donors (Lipinski definition) is 0. The number of benzene rings is 1. The van der Waals surface area contributed by atoms with Crippen molar-refractivity contribution in [2.45, 2.75) is 4.43 Å². The van der Waals surface area contributed by atoms with Gasteiger partial charge in [-0.1, -0.05) is 22.6 Å². The molecule has 0 N–H and O–H groups in total. The molecule has 0 unspecified atom stereocenters. The lowest BCUT2D eigenvalue weighted by Gasteiger charge is -2.01. The van der Waals surface area contributed by atoms with Gasteiger partial charge in [-0.3, -0.25) is 0 Å². The average molecular weight is 266 g/mol. The van der Waals surface area contributed by atoms with E-state index in [9.17, 15) is 4.39 Å². The lowest BCUT2D eigenvalue weighted by atomic mass is 10.2. The standard InChI is InChI=1S/C8H8FIO/c1-11-8-3-6(5-10)2-7(9)4-8/h2-4H,5H2,1H3. The van der Waals surface area contributed by atoms with Crippen molar-refractivity contribution < 1.29 is 9.13 Å². The Morgan fingerprint density at radius 2 is 2.18 bits per heavy atom. The van der Waals surface area contributed by atoms with Gasteiger partial charge in [-0.05, 0) is 17.7 Å². The summed E-state index contributed by atoms with van der Waals surface area (Å²) in [6.45, 7) is 0. The Morgan fingerprint density at radius 3 is 2.73 bits per heavy atom. The highest BCUT2D eigenvalue weighted by molar-refractivity contribution is 14.1. The highest BCUT2D eigenvalue weighted by Gasteiger charge is 1.98. The molecule has 1 aromatic rings. The predicted octanol–water partition coefficient (Wildman–Crippen LogP) is 2.77. The third-order valence-corrected chi connectivity index (χ3v) is 2.20. The van der Waals surface area contributed by atoms with Crippen LogP contribution in [0.4, 0.5) is 4.39 Å². The summed E-state index contributed by atoms with van der Waals surface area (Å²) < 4.78 is 18.4. The van der Waals surface area contributed by atoms with Crippen molar-refractivity contribution in [3.8, 4) is 5.75 Å². The lowest BCUT2D eigenvalue weighted by molar-refractivity contribution is 0.411. The Morgan fingerprint density at radius 1 is 1.45 bits per heavy atom. The molecule has 0 saturated carbocycles. The van der Waals surface area contributed by atoms with E-state index in [1.807, 2.05) is 6.07 Å². The van der Waals surface area contributed by atoms with Crippen LogP contribution in [0.25, 0.3) is 0 Å². The maximum Gasteiger partial charge on any atom is 0.127 e. The van der Waals surface area contributed by atoms with E-state index >= 15 is 0 Å². The van der Waals surface area contributed by atoms with E-state index in [-0.39, 0.29) is 5.82 Å². The number of rotatable bonds is 2. The van der Waals surface area contributed by atoms with E-state index in [4.69, 9.17) is 4.74 Å². The third kappa shape index (κ3) is 2.32. The van der Waals surface area contributed by atoms with Crippen LogP contribution < -0.4 is 4.74 Å². The van der Waals surface area contributed by atoms with Crippen molar-refractivity contribution in [2.75, 3.05) is 7.11 Å². The first kappa shape index (κ1) is 8.77. The van der Waals surface area contributed by atoms with Gasteiger partial charge in [0.25, 0.3) is 0 Å². The summed E-state index contributed by atoms with van der Waals surface area (Å²) >= 11 is 2.18. The van der Waals surface area contributed by atoms with Gasteiger partial charge < -0.3 is 4.74 Å². The van der Waals surface area contributed by atoms with E-state index in [1.54, 1.807) is 0 Å². The molecular formula is C8H8FIO. The van der Waals surface area contributed by atoms with Crippen LogP contribution in [0.3, 0.4) is 0 Å². The monoisotopic (exact) mass is 266 g/mol. The summed E-state index contributed by atoms with van der Waals surface area (Å²) in [6.07, 6.45) is 0. The van der Waals surface area contributed by atoms with Gasteiger partial charge in [0, 0.05) is 10.5 Å². The lowest BCUT2D eigenvalue weighted by Crippen LogP contribution is -1.87. The van der Waals surface area contributed by atoms with Gasteiger partial charge in [0.15, 0.2) is 0 Å². The third-order valence-electron chi connectivity index (χ3n) is 1.32. The number of methoxy groups -OCH3 is 1. The van der Waals surface area contributed by atoms with E-state index in [2.05, 4.69) is 22.6 Å². The molecule has 0 atom stereocenters. The second-order valence-electron chi connectivity index (χ2n) is 2.13. The van der Waals surface area contributed by atoms with Crippen LogP contribution in [-0.4, -0.2) is 7.11 Å². The maximum absolute atomic E-state index is 12.7. The van der Waals surface area contributed by atoms with Crippen molar-refractivity contribution in [1.82, 2.24) is 0 Å². The van der Waals surface area contributed by atoms with Gasteiger partial charge in [-0.2, -0.15) is 0 Å². The van der Waals surface area contributed by atoms with Crippen LogP contribution in [0.2, 0.25) is 0 Å². The SMILES string of the molecule is COc1cc(F)cc(CI)c1. The van der Waals surface area contributed by atoms with Gasteiger partial charge in [0.1, 0.15) is 11.6 Å². The van der Waals surface area contributed by atoms with Crippen molar-refractivity contribution in [3.05, 3.63) is 29.6 Å². The Bertz CT molecular complexity index is 228. The van der Waals surface area contributed by atoms with Crippen molar-refractivity contribution >= 4 is 22.6 Å². The maximum atomic E-state index is 12.7. The highest BCUT2D eigenvalue weighted by Crippen LogP contribution is 2.17. The first-order valence-electron chi connectivity index (χ1n) is 3.15. The molecule has 0 aliphatic carbocycles. The summed E-state index contributed by atoms with van der Waals surface area (Å²) in [5.74, 6) is 0.340. The zero-order chi connectivity index (χ0) is 8.27. The predicted molar refractivity (Wildman–Crippen MR) is 50.7 cm³/mol. The normalized spacial score (nSPS) is 9.73. The fraction of sp³-hybridized carbons (Fsp3) is 0.250. The molecule has 0 radical (unpaired) electrons. The zero-order valence-electron chi connectivity index (χ0n) is 6.10. The molecular weight excluding hydrogens is 258 g/mol. The Hall–Kier alpha value is -0.320. The van der Waals surface area contributed by atoms with E-state index in [0.29, 0.717) is 5.75 Å². The van der Waals surface area contributed by atoms with Gasteiger partial charge in [-0.15, -0.1) is 0 Å².